The fourth-order valence-corrected chi connectivity index (χ4v) is 2.83. The summed E-state index contributed by atoms with van der Waals surface area (Å²) in [6.07, 6.45) is -2.22. The van der Waals surface area contributed by atoms with Crippen LogP contribution < -0.4 is 0 Å². The topological polar surface area (TPSA) is 20.2 Å². The Morgan fingerprint density at radius 2 is 2.05 bits per heavy atom. The fraction of sp³-hybridized carbons (Fsp3) is 0.400. The SMILES string of the molecule is [CH2]C1CCC(c2ccc(C(F)(F)F)c(Cl)c2)=C(CO)C1. The second-order valence-electron chi connectivity index (χ2n) is 5.04. The van der Waals surface area contributed by atoms with E-state index >= 15 is 0 Å². The minimum atomic E-state index is -4.45. The third kappa shape index (κ3) is 3.18. The van der Waals surface area contributed by atoms with Gasteiger partial charge in [-0.25, -0.2) is 0 Å². The number of allylic oxidation sites excluding steroid dienone is 1. The van der Waals surface area contributed by atoms with Crippen LogP contribution in [0.15, 0.2) is 23.8 Å². The van der Waals surface area contributed by atoms with Gasteiger partial charge in [0.05, 0.1) is 17.2 Å². The molecule has 1 aromatic rings. The Morgan fingerprint density at radius 3 is 2.60 bits per heavy atom. The molecule has 0 heterocycles. The van der Waals surface area contributed by atoms with Crippen molar-refractivity contribution in [3.63, 3.8) is 0 Å². The Morgan fingerprint density at radius 1 is 1.35 bits per heavy atom. The van der Waals surface area contributed by atoms with Crippen molar-refractivity contribution in [3.05, 3.63) is 46.8 Å². The molecule has 0 spiro atoms. The van der Waals surface area contributed by atoms with Crippen LogP contribution in [0.2, 0.25) is 5.02 Å². The van der Waals surface area contributed by atoms with E-state index in [4.69, 9.17) is 11.6 Å². The summed E-state index contributed by atoms with van der Waals surface area (Å²) >= 11 is 5.74. The third-order valence-corrected chi connectivity index (χ3v) is 3.89. The average Bonchev–Trinajstić information content (AvgIpc) is 2.36. The molecule has 0 aromatic heterocycles. The molecule has 20 heavy (non-hydrogen) atoms. The smallest absolute Gasteiger partial charge is 0.392 e. The van der Waals surface area contributed by atoms with Crippen molar-refractivity contribution in [2.24, 2.45) is 5.92 Å². The van der Waals surface area contributed by atoms with Crippen molar-refractivity contribution < 1.29 is 18.3 Å². The second kappa shape index (κ2) is 5.78. The van der Waals surface area contributed by atoms with Gasteiger partial charge in [-0.3, -0.25) is 0 Å². The molecule has 0 saturated carbocycles. The Kier molecular flexibility index (Phi) is 4.45. The highest BCUT2D eigenvalue weighted by molar-refractivity contribution is 6.31. The molecule has 1 nitrogen and oxygen atoms in total. The van der Waals surface area contributed by atoms with Crippen LogP contribution in [0.3, 0.4) is 0 Å². The molecule has 1 aromatic carbocycles. The monoisotopic (exact) mass is 303 g/mol. The quantitative estimate of drug-likeness (QED) is 0.836. The van der Waals surface area contributed by atoms with Gasteiger partial charge in [0, 0.05) is 0 Å². The number of aliphatic hydroxyl groups excluding tert-OH is 1. The molecule has 0 saturated heterocycles. The summed E-state index contributed by atoms with van der Waals surface area (Å²) in [5.41, 5.74) is 1.55. The summed E-state index contributed by atoms with van der Waals surface area (Å²) < 4.78 is 38.0. The zero-order valence-electron chi connectivity index (χ0n) is 10.8. The lowest BCUT2D eigenvalue weighted by Gasteiger charge is -2.24. The van der Waals surface area contributed by atoms with Crippen LogP contribution in [0.4, 0.5) is 13.2 Å². The molecule has 0 amide bonds. The predicted molar refractivity (Wildman–Crippen MR) is 73.2 cm³/mol. The van der Waals surface area contributed by atoms with Crippen molar-refractivity contribution >= 4 is 17.2 Å². The van der Waals surface area contributed by atoms with Gasteiger partial charge in [-0.2, -0.15) is 13.2 Å². The van der Waals surface area contributed by atoms with Crippen LogP contribution in [-0.4, -0.2) is 11.7 Å². The van der Waals surface area contributed by atoms with E-state index in [1.54, 1.807) is 0 Å². The van der Waals surface area contributed by atoms with E-state index in [2.05, 4.69) is 6.92 Å². The van der Waals surface area contributed by atoms with Gasteiger partial charge in [0.25, 0.3) is 0 Å². The summed E-state index contributed by atoms with van der Waals surface area (Å²) in [4.78, 5) is 0. The van der Waals surface area contributed by atoms with Crippen LogP contribution in [0.25, 0.3) is 5.57 Å². The van der Waals surface area contributed by atoms with E-state index in [1.165, 1.54) is 12.1 Å². The summed E-state index contributed by atoms with van der Waals surface area (Å²) in [6, 6.07) is 3.75. The molecule has 0 aliphatic heterocycles. The number of alkyl halides is 3. The van der Waals surface area contributed by atoms with E-state index < -0.39 is 11.7 Å². The fourth-order valence-electron chi connectivity index (χ4n) is 2.54. The molecular formula is C15H15ClF3O. The highest BCUT2D eigenvalue weighted by Crippen LogP contribution is 2.39. The molecule has 0 fully saturated rings. The van der Waals surface area contributed by atoms with E-state index in [1.807, 2.05) is 0 Å². The lowest BCUT2D eigenvalue weighted by molar-refractivity contribution is -0.137. The Labute approximate surface area is 121 Å². The van der Waals surface area contributed by atoms with Crippen LogP contribution in [0.5, 0.6) is 0 Å². The summed E-state index contributed by atoms with van der Waals surface area (Å²) in [5, 5.41) is 9.09. The predicted octanol–water partition coefficient (Wildman–Crippen LogP) is 4.74. The molecule has 1 N–H and O–H groups in total. The van der Waals surface area contributed by atoms with E-state index in [9.17, 15) is 18.3 Å². The summed E-state index contributed by atoms with van der Waals surface area (Å²) in [7, 11) is 0. The van der Waals surface area contributed by atoms with Crippen LogP contribution in [-0.2, 0) is 6.18 Å². The lowest BCUT2D eigenvalue weighted by Crippen LogP contribution is -2.11. The molecular weight excluding hydrogens is 289 g/mol. The van der Waals surface area contributed by atoms with E-state index in [0.717, 1.165) is 23.6 Å². The lowest BCUT2D eigenvalue weighted by atomic mass is 9.82. The molecule has 0 bridgehead atoms. The Hall–Kier alpha value is -1.00. The first-order valence-electron chi connectivity index (χ1n) is 6.35. The maximum absolute atomic E-state index is 12.7. The molecule has 2 rings (SSSR count). The van der Waals surface area contributed by atoms with Crippen molar-refractivity contribution in [2.45, 2.75) is 25.4 Å². The van der Waals surface area contributed by atoms with Gasteiger partial charge in [0.2, 0.25) is 0 Å². The van der Waals surface area contributed by atoms with Crippen molar-refractivity contribution in [1.82, 2.24) is 0 Å². The van der Waals surface area contributed by atoms with Crippen LogP contribution in [0.1, 0.15) is 30.4 Å². The molecule has 1 radical (unpaired) electrons. The minimum absolute atomic E-state index is 0.0972. The zero-order chi connectivity index (χ0) is 14.9. The van der Waals surface area contributed by atoms with Gasteiger partial charge < -0.3 is 5.11 Å². The first-order chi connectivity index (χ1) is 9.32. The summed E-state index contributed by atoms with van der Waals surface area (Å²) in [5.74, 6) is 0.242. The van der Waals surface area contributed by atoms with Crippen molar-refractivity contribution in [3.8, 4) is 0 Å². The highest BCUT2D eigenvalue weighted by Gasteiger charge is 2.33. The molecule has 109 valence electrons. The maximum Gasteiger partial charge on any atom is 0.417 e. The van der Waals surface area contributed by atoms with Gasteiger partial charge in [-0.15, -0.1) is 0 Å². The van der Waals surface area contributed by atoms with E-state index in [0.29, 0.717) is 18.4 Å². The van der Waals surface area contributed by atoms with Gasteiger partial charge in [-0.05, 0) is 60.9 Å². The van der Waals surface area contributed by atoms with Gasteiger partial charge in [0.15, 0.2) is 0 Å². The largest absolute Gasteiger partial charge is 0.417 e. The zero-order valence-corrected chi connectivity index (χ0v) is 11.6. The normalized spacial score (nSPS) is 20.4. The molecule has 1 aliphatic rings. The molecule has 1 unspecified atom stereocenters. The molecule has 1 aliphatic carbocycles. The highest BCUT2D eigenvalue weighted by atomic mass is 35.5. The number of aliphatic hydroxyl groups is 1. The first kappa shape index (κ1) is 15.4. The average molecular weight is 304 g/mol. The van der Waals surface area contributed by atoms with Gasteiger partial charge in [0.1, 0.15) is 0 Å². The van der Waals surface area contributed by atoms with Crippen molar-refractivity contribution in [2.75, 3.05) is 6.61 Å². The standard InChI is InChI=1S/C15H15ClF3O/c1-9-2-4-12(11(6-9)8-20)10-3-5-13(14(16)7-10)15(17,18)19/h3,5,7,9,20H,1-2,4,6,8H2. The minimum Gasteiger partial charge on any atom is -0.392 e. The summed E-state index contributed by atoms with van der Waals surface area (Å²) in [6.45, 7) is 3.87. The number of halogens is 4. The Balaban J connectivity index is 2.41. The van der Waals surface area contributed by atoms with Gasteiger partial charge >= 0.3 is 6.18 Å². The maximum atomic E-state index is 12.7. The molecule has 5 heteroatoms. The van der Waals surface area contributed by atoms with Crippen molar-refractivity contribution in [1.29, 1.82) is 0 Å². The van der Waals surface area contributed by atoms with Crippen LogP contribution >= 0.6 is 11.6 Å². The van der Waals surface area contributed by atoms with Gasteiger partial charge in [-0.1, -0.05) is 17.7 Å². The third-order valence-electron chi connectivity index (χ3n) is 3.58. The number of hydrogen-bond donors (Lipinski definition) is 1. The Bertz CT molecular complexity index is 534. The van der Waals surface area contributed by atoms with E-state index in [-0.39, 0.29) is 17.5 Å². The second-order valence-corrected chi connectivity index (χ2v) is 5.45. The number of hydrogen-bond acceptors (Lipinski definition) is 1. The number of rotatable bonds is 2. The number of benzene rings is 1. The van der Waals surface area contributed by atoms with Crippen LogP contribution in [0, 0.1) is 12.8 Å². The molecule has 1 atom stereocenters. The first-order valence-corrected chi connectivity index (χ1v) is 6.72.